The van der Waals surface area contributed by atoms with Gasteiger partial charge in [-0.2, -0.15) is 0 Å². The van der Waals surface area contributed by atoms with Crippen LogP contribution in [-0.4, -0.2) is 18.5 Å². The van der Waals surface area contributed by atoms with E-state index in [1.807, 2.05) is 6.92 Å². The van der Waals surface area contributed by atoms with E-state index in [9.17, 15) is 14.0 Å². The molecule has 1 atom stereocenters. The number of nitrogens with two attached hydrogens (primary N) is 1. The van der Waals surface area contributed by atoms with Gasteiger partial charge in [-0.1, -0.05) is 0 Å². The van der Waals surface area contributed by atoms with Gasteiger partial charge in [0.15, 0.2) is 0 Å². The highest BCUT2D eigenvalue weighted by Gasteiger charge is 2.18. The Morgan fingerprint density at radius 3 is 2.82 bits per heavy atom. The van der Waals surface area contributed by atoms with Crippen molar-refractivity contribution >= 4 is 22.9 Å². The number of carbonyl (C=O) groups excluding carboxylic acids is 2. The zero-order valence-corrected chi connectivity index (χ0v) is 12.4. The highest BCUT2D eigenvalue weighted by atomic mass is 19.1. The van der Waals surface area contributed by atoms with Crippen LogP contribution in [0, 0.1) is 12.7 Å². The van der Waals surface area contributed by atoms with Crippen LogP contribution in [-0.2, 0) is 4.79 Å². The minimum atomic E-state index is -0.483. The molecule has 1 unspecified atom stereocenters. The summed E-state index contributed by atoms with van der Waals surface area (Å²) in [5.74, 6) is -0.262. The Hall–Kier alpha value is -2.57. The third-order valence-corrected chi connectivity index (χ3v) is 3.33. The Bertz CT molecular complexity index is 711. The highest BCUT2D eigenvalue weighted by molar-refractivity contribution is 5.82. The van der Waals surface area contributed by atoms with E-state index in [-0.39, 0.29) is 18.8 Å². The Morgan fingerprint density at radius 1 is 1.41 bits per heavy atom. The number of benzene rings is 1. The van der Waals surface area contributed by atoms with Gasteiger partial charge in [0, 0.05) is 23.9 Å². The monoisotopic (exact) mass is 307 g/mol. The minimum absolute atomic E-state index is 0.0742. The van der Waals surface area contributed by atoms with E-state index in [0.29, 0.717) is 16.7 Å². The summed E-state index contributed by atoms with van der Waals surface area (Å²) in [6, 6.07) is 3.45. The Morgan fingerprint density at radius 2 is 2.14 bits per heavy atom. The number of nitrogens with one attached hydrogen (secondary N) is 2. The van der Waals surface area contributed by atoms with Crippen LogP contribution in [0.2, 0.25) is 0 Å². The molecule has 7 heteroatoms. The van der Waals surface area contributed by atoms with Crippen LogP contribution < -0.4 is 16.4 Å². The van der Waals surface area contributed by atoms with Gasteiger partial charge in [-0.3, -0.25) is 4.79 Å². The summed E-state index contributed by atoms with van der Waals surface area (Å²) in [4.78, 5) is 22.3. The first-order chi connectivity index (χ1) is 10.4. The average molecular weight is 307 g/mol. The zero-order valence-electron chi connectivity index (χ0n) is 12.4. The van der Waals surface area contributed by atoms with Crippen LogP contribution in [0.5, 0.6) is 0 Å². The molecule has 6 nitrogen and oxygen atoms in total. The largest absolute Gasteiger partial charge is 0.459 e. The molecular weight excluding hydrogens is 289 g/mol. The second-order valence-electron chi connectivity index (χ2n) is 5.07. The van der Waals surface area contributed by atoms with Crippen molar-refractivity contribution in [2.75, 3.05) is 6.54 Å². The van der Waals surface area contributed by atoms with E-state index >= 15 is 0 Å². The quantitative estimate of drug-likeness (QED) is 0.789. The third kappa shape index (κ3) is 3.55. The fourth-order valence-electron chi connectivity index (χ4n) is 2.24. The van der Waals surface area contributed by atoms with Gasteiger partial charge in [-0.25, -0.2) is 9.18 Å². The van der Waals surface area contributed by atoms with E-state index in [0.717, 1.165) is 5.56 Å². The van der Waals surface area contributed by atoms with Gasteiger partial charge in [-0.15, -0.1) is 0 Å². The molecule has 1 aromatic carbocycles. The van der Waals surface area contributed by atoms with Gasteiger partial charge < -0.3 is 20.8 Å². The lowest BCUT2D eigenvalue weighted by molar-refractivity contribution is -0.117. The fourth-order valence-corrected chi connectivity index (χ4v) is 2.24. The molecule has 1 heterocycles. The molecule has 1 aromatic heterocycles. The van der Waals surface area contributed by atoms with Gasteiger partial charge in [0.05, 0.1) is 6.04 Å². The smallest absolute Gasteiger partial charge is 0.315 e. The third-order valence-electron chi connectivity index (χ3n) is 3.33. The Labute approximate surface area is 126 Å². The Balaban J connectivity index is 2.06. The lowest BCUT2D eigenvalue weighted by Gasteiger charge is -2.13. The van der Waals surface area contributed by atoms with Gasteiger partial charge >= 0.3 is 6.03 Å². The fraction of sp³-hybridized carbons (Fsp3) is 0.333. The number of hydrogen-bond donors (Lipinski definition) is 3. The first kappa shape index (κ1) is 15.8. The zero-order chi connectivity index (χ0) is 16.3. The maximum absolute atomic E-state index is 13.3. The number of aryl methyl sites for hydroxylation is 1. The van der Waals surface area contributed by atoms with Crippen molar-refractivity contribution in [1.29, 1.82) is 0 Å². The lowest BCUT2D eigenvalue weighted by atomic mass is 10.1. The molecule has 2 aromatic rings. The van der Waals surface area contributed by atoms with Crippen molar-refractivity contribution < 1.29 is 18.4 Å². The molecule has 0 radical (unpaired) electrons. The van der Waals surface area contributed by atoms with Gasteiger partial charge in [0.1, 0.15) is 17.2 Å². The average Bonchev–Trinajstić information content (AvgIpc) is 2.75. The van der Waals surface area contributed by atoms with E-state index in [4.69, 9.17) is 10.2 Å². The van der Waals surface area contributed by atoms with Gasteiger partial charge in [0.25, 0.3) is 0 Å². The molecule has 0 spiro atoms. The second kappa shape index (κ2) is 6.46. The summed E-state index contributed by atoms with van der Waals surface area (Å²) in [6.07, 6.45) is 0.0742. The first-order valence-corrected chi connectivity index (χ1v) is 6.89. The van der Waals surface area contributed by atoms with Crippen LogP contribution in [0.25, 0.3) is 11.0 Å². The molecule has 22 heavy (non-hydrogen) atoms. The highest BCUT2D eigenvalue weighted by Crippen LogP contribution is 2.29. The van der Waals surface area contributed by atoms with Crippen LogP contribution in [0.4, 0.5) is 9.18 Å². The molecule has 0 aliphatic heterocycles. The predicted octanol–water partition coefficient (Wildman–Crippen LogP) is 2.12. The number of halogens is 1. The topological polar surface area (TPSA) is 97.4 Å². The molecule has 0 aliphatic rings. The summed E-state index contributed by atoms with van der Waals surface area (Å²) in [5, 5.41) is 5.90. The molecule has 4 N–H and O–H groups in total. The summed E-state index contributed by atoms with van der Waals surface area (Å²) in [6.45, 7) is 3.73. The van der Waals surface area contributed by atoms with Gasteiger partial charge in [0.2, 0.25) is 5.91 Å². The van der Waals surface area contributed by atoms with Crippen LogP contribution in [0.15, 0.2) is 22.6 Å². The van der Waals surface area contributed by atoms with Crippen LogP contribution >= 0.6 is 0 Å². The van der Waals surface area contributed by atoms with Crippen molar-refractivity contribution in [3.05, 3.63) is 35.3 Å². The summed E-state index contributed by atoms with van der Waals surface area (Å²) >= 11 is 0. The molecule has 3 amide bonds. The van der Waals surface area contributed by atoms with E-state index in [2.05, 4.69) is 10.6 Å². The number of hydrogen-bond acceptors (Lipinski definition) is 3. The van der Waals surface area contributed by atoms with E-state index < -0.39 is 18.0 Å². The summed E-state index contributed by atoms with van der Waals surface area (Å²) in [5.41, 5.74) is 6.33. The van der Waals surface area contributed by atoms with Crippen molar-refractivity contribution in [2.45, 2.75) is 26.3 Å². The number of rotatable bonds is 5. The maximum Gasteiger partial charge on any atom is 0.315 e. The number of urea groups is 1. The van der Waals surface area contributed by atoms with Crippen molar-refractivity contribution in [3.63, 3.8) is 0 Å². The summed E-state index contributed by atoms with van der Waals surface area (Å²) < 4.78 is 19.0. The molecular formula is C15H18FN3O3. The number of primary amides is 1. The molecule has 0 saturated heterocycles. The normalized spacial score (nSPS) is 12.1. The first-order valence-electron chi connectivity index (χ1n) is 6.89. The van der Waals surface area contributed by atoms with E-state index in [1.165, 1.54) is 12.1 Å². The lowest BCUT2D eigenvalue weighted by Crippen LogP contribution is -2.38. The predicted molar refractivity (Wildman–Crippen MR) is 79.7 cm³/mol. The molecule has 0 saturated carbocycles. The van der Waals surface area contributed by atoms with E-state index in [1.54, 1.807) is 13.0 Å². The number of amides is 3. The maximum atomic E-state index is 13.3. The van der Waals surface area contributed by atoms with Crippen molar-refractivity contribution in [3.8, 4) is 0 Å². The van der Waals surface area contributed by atoms with Crippen molar-refractivity contribution in [1.82, 2.24) is 10.6 Å². The SMILES string of the molecule is Cc1c(C(C)NC(=O)NCCC(N)=O)oc2ccc(F)cc12. The molecule has 0 fully saturated rings. The number of carbonyl (C=O) groups is 2. The molecule has 0 bridgehead atoms. The Kier molecular flexibility index (Phi) is 4.65. The standard InChI is InChI=1S/C15H18FN3O3/c1-8-11-7-10(16)3-4-12(11)22-14(8)9(2)19-15(21)18-6-5-13(17)20/h3-4,7,9H,5-6H2,1-2H3,(H2,17,20)(H2,18,19,21). The second-order valence-corrected chi connectivity index (χ2v) is 5.07. The number of fused-ring (bicyclic) bond motifs is 1. The molecule has 2 rings (SSSR count). The summed E-state index contributed by atoms with van der Waals surface area (Å²) in [7, 11) is 0. The minimum Gasteiger partial charge on any atom is -0.459 e. The van der Waals surface area contributed by atoms with Gasteiger partial charge in [-0.05, 0) is 32.0 Å². The molecule has 0 aliphatic carbocycles. The van der Waals surface area contributed by atoms with Crippen molar-refractivity contribution in [2.24, 2.45) is 5.73 Å². The van der Waals surface area contributed by atoms with Crippen LogP contribution in [0.3, 0.4) is 0 Å². The number of furan rings is 1. The molecule has 118 valence electrons. The van der Waals surface area contributed by atoms with Crippen LogP contribution in [0.1, 0.15) is 30.7 Å².